The van der Waals surface area contributed by atoms with Crippen LogP contribution in [0.5, 0.6) is 0 Å². The topological polar surface area (TPSA) is 32.3 Å². The Morgan fingerprint density at radius 2 is 1.44 bits per heavy atom. The van der Waals surface area contributed by atoms with E-state index in [9.17, 15) is 4.39 Å². The summed E-state index contributed by atoms with van der Waals surface area (Å²) < 4.78 is 13.0. The fourth-order valence-corrected chi connectivity index (χ4v) is 5.64. The molecule has 0 bridgehead atoms. The van der Waals surface area contributed by atoms with Gasteiger partial charge >= 0.3 is 0 Å². The first kappa shape index (κ1) is 17.1. The fourth-order valence-electron chi connectivity index (χ4n) is 5.64. The number of aromatic nitrogens is 2. The van der Waals surface area contributed by atoms with E-state index in [0.717, 1.165) is 50.0 Å². The van der Waals surface area contributed by atoms with Gasteiger partial charge in [-0.15, -0.1) is 0 Å². The summed E-state index contributed by atoms with van der Waals surface area (Å²) in [5.41, 5.74) is 1.54. The maximum atomic E-state index is 13.0. The van der Waals surface area contributed by atoms with Crippen molar-refractivity contribution in [1.29, 1.82) is 0 Å². The monoisotopic (exact) mass is 366 g/mol. The van der Waals surface area contributed by atoms with Crippen molar-refractivity contribution in [2.75, 3.05) is 31.1 Å². The Balaban J connectivity index is 1.15. The normalized spacial score (nSPS) is 31.2. The largest absolute Gasteiger partial charge is 0.338 e. The van der Waals surface area contributed by atoms with Crippen molar-refractivity contribution >= 4 is 5.95 Å². The number of piperazine rings is 1. The maximum Gasteiger partial charge on any atom is 0.225 e. The molecule has 2 aliphatic carbocycles. The van der Waals surface area contributed by atoms with Gasteiger partial charge in [-0.05, 0) is 49.0 Å². The predicted octanol–water partition coefficient (Wildman–Crippen LogP) is 3.71. The number of hydrogen-bond acceptors (Lipinski definition) is 4. The molecule has 0 spiro atoms. The molecule has 142 valence electrons. The minimum atomic E-state index is -0.372. The van der Waals surface area contributed by atoms with Gasteiger partial charge in [-0.1, -0.05) is 30.3 Å². The summed E-state index contributed by atoms with van der Waals surface area (Å²) in [5.74, 6) is 2.86. The fraction of sp³-hybridized carbons (Fsp3) is 0.545. The van der Waals surface area contributed by atoms with E-state index in [0.29, 0.717) is 5.95 Å². The van der Waals surface area contributed by atoms with Crippen LogP contribution in [-0.4, -0.2) is 47.1 Å². The second-order valence-electron chi connectivity index (χ2n) is 8.45. The van der Waals surface area contributed by atoms with Crippen molar-refractivity contribution in [3.63, 3.8) is 0 Å². The molecule has 0 radical (unpaired) electrons. The highest BCUT2D eigenvalue weighted by Crippen LogP contribution is 2.51. The zero-order valence-corrected chi connectivity index (χ0v) is 15.7. The predicted molar refractivity (Wildman–Crippen MR) is 104 cm³/mol. The van der Waals surface area contributed by atoms with Crippen LogP contribution in [0.1, 0.15) is 37.2 Å². The zero-order valence-electron chi connectivity index (χ0n) is 15.7. The van der Waals surface area contributed by atoms with Crippen LogP contribution in [0.3, 0.4) is 0 Å². The summed E-state index contributed by atoms with van der Waals surface area (Å²) in [4.78, 5) is 13.1. The van der Waals surface area contributed by atoms with Crippen molar-refractivity contribution in [3.05, 3.63) is 54.1 Å². The third kappa shape index (κ3) is 3.45. The van der Waals surface area contributed by atoms with Crippen LogP contribution in [0.4, 0.5) is 10.3 Å². The van der Waals surface area contributed by atoms with Crippen molar-refractivity contribution in [2.24, 2.45) is 11.8 Å². The van der Waals surface area contributed by atoms with E-state index in [-0.39, 0.29) is 5.82 Å². The summed E-state index contributed by atoms with van der Waals surface area (Å²) in [6.45, 7) is 3.99. The van der Waals surface area contributed by atoms with E-state index in [1.165, 1.54) is 43.6 Å². The Labute approximate surface area is 160 Å². The first-order valence-corrected chi connectivity index (χ1v) is 10.3. The SMILES string of the molecule is Fc1cnc(N2CCN(C3CC4CC(c5ccccc5)CC4C3)CC2)nc1. The van der Waals surface area contributed by atoms with Gasteiger partial charge < -0.3 is 4.90 Å². The van der Waals surface area contributed by atoms with E-state index in [2.05, 4.69) is 50.1 Å². The van der Waals surface area contributed by atoms with Crippen LogP contribution in [-0.2, 0) is 0 Å². The average molecular weight is 366 g/mol. The maximum absolute atomic E-state index is 13.0. The summed E-state index contributed by atoms with van der Waals surface area (Å²) in [6.07, 6.45) is 7.98. The molecule has 27 heavy (non-hydrogen) atoms. The van der Waals surface area contributed by atoms with E-state index < -0.39 is 0 Å². The van der Waals surface area contributed by atoms with E-state index >= 15 is 0 Å². The zero-order chi connectivity index (χ0) is 18.2. The molecule has 0 N–H and O–H groups in total. The summed E-state index contributed by atoms with van der Waals surface area (Å²) in [6, 6.07) is 11.8. The van der Waals surface area contributed by atoms with Gasteiger partial charge in [-0.3, -0.25) is 4.90 Å². The number of fused-ring (bicyclic) bond motifs is 1. The van der Waals surface area contributed by atoms with Crippen LogP contribution < -0.4 is 4.90 Å². The molecule has 2 aromatic rings. The van der Waals surface area contributed by atoms with Crippen LogP contribution >= 0.6 is 0 Å². The lowest BCUT2D eigenvalue weighted by Crippen LogP contribution is -2.50. The van der Waals surface area contributed by atoms with Crippen LogP contribution in [0.2, 0.25) is 0 Å². The summed E-state index contributed by atoms with van der Waals surface area (Å²) in [7, 11) is 0. The Morgan fingerprint density at radius 3 is 2.07 bits per heavy atom. The molecule has 5 heteroatoms. The van der Waals surface area contributed by atoms with Gasteiger partial charge in [0, 0.05) is 32.2 Å². The third-order valence-electron chi connectivity index (χ3n) is 6.98. The molecule has 1 aliphatic heterocycles. The highest BCUT2D eigenvalue weighted by molar-refractivity contribution is 5.29. The van der Waals surface area contributed by atoms with E-state index in [1.807, 2.05) is 0 Å². The molecule has 4 nitrogen and oxygen atoms in total. The molecule has 1 aromatic heterocycles. The highest BCUT2D eigenvalue weighted by Gasteiger charge is 2.43. The number of rotatable bonds is 3. The highest BCUT2D eigenvalue weighted by atomic mass is 19.1. The number of hydrogen-bond donors (Lipinski definition) is 0. The smallest absolute Gasteiger partial charge is 0.225 e. The van der Waals surface area contributed by atoms with Crippen molar-refractivity contribution in [3.8, 4) is 0 Å². The van der Waals surface area contributed by atoms with Crippen LogP contribution in [0, 0.1) is 17.7 Å². The lowest BCUT2D eigenvalue weighted by atomic mass is 9.94. The van der Waals surface area contributed by atoms with E-state index in [1.54, 1.807) is 0 Å². The summed E-state index contributed by atoms with van der Waals surface area (Å²) >= 11 is 0. The molecule has 1 saturated heterocycles. The lowest BCUT2D eigenvalue weighted by molar-refractivity contribution is 0.178. The van der Waals surface area contributed by atoms with Crippen LogP contribution in [0.15, 0.2) is 42.7 Å². The van der Waals surface area contributed by atoms with Gasteiger partial charge in [-0.25, -0.2) is 14.4 Å². The molecule has 2 atom stereocenters. The Bertz CT molecular complexity index is 744. The van der Waals surface area contributed by atoms with Gasteiger partial charge in [-0.2, -0.15) is 0 Å². The first-order valence-electron chi connectivity index (χ1n) is 10.3. The molecule has 3 aliphatic rings. The van der Waals surface area contributed by atoms with Gasteiger partial charge in [0.1, 0.15) is 0 Å². The molecule has 0 amide bonds. The van der Waals surface area contributed by atoms with Crippen LogP contribution in [0.25, 0.3) is 0 Å². The van der Waals surface area contributed by atoms with Crippen molar-refractivity contribution in [1.82, 2.24) is 14.9 Å². The number of anilines is 1. The Hall–Kier alpha value is -2.01. The van der Waals surface area contributed by atoms with Gasteiger partial charge in [0.05, 0.1) is 12.4 Å². The molecular weight excluding hydrogens is 339 g/mol. The second kappa shape index (κ2) is 7.19. The Morgan fingerprint density at radius 1 is 0.815 bits per heavy atom. The first-order chi connectivity index (χ1) is 13.3. The molecule has 2 heterocycles. The van der Waals surface area contributed by atoms with Gasteiger partial charge in [0.2, 0.25) is 5.95 Å². The standard InChI is InChI=1S/C22H27FN4/c23-20-14-24-22(25-15-20)27-8-6-26(7-9-27)21-12-18-10-17(11-19(18)13-21)16-4-2-1-3-5-16/h1-5,14-15,17-19,21H,6-13H2. The molecule has 3 fully saturated rings. The molecule has 1 aromatic carbocycles. The number of nitrogens with zero attached hydrogens (tertiary/aromatic N) is 4. The second-order valence-corrected chi connectivity index (χ2v) is 8.45. The minimum Gasteiger partial charge on any atom is -0.338 e. The van der Waals surface area contributed by atoms with Gasteiger partial charge in [0.25, 0.3) is 0 Å². The van der Waals surface area contributed by atoms with E-state index in [4.69, 9.17) is 0 Å². The number of benzene rings is 1. The third-order valence-corrected chi connectivity index (χ3v) is 6.98. The lowest BCUT2D eigenvalue weighted by Gasteiger charge is -2.38. The molecule has 2 unspecified atom stereocenters. The summed E-state index contributed by atoms with van der Waals surface area (Å²) in [5, 5.41) is 0. The van der Waals surface area contributed by atoms with Gasteiger partial charge in [0.15, 0.2) is 5.82 Å². The molecule has 5 rings (SSSR count). The van der Waals surface area contributed by atoms with Crippen molar-refractivity contribution < 1.29 is 4.39 Å². The molecule has 2 saturated carbocycles. The quantitative estimate of drug-likeness (QED) is 0.829. The van der Waals surface area contributed by atoms with Crippen molar-refractivity contribution in [2.45, 2.75) is 37.6 Å². The average Bonchev–Trinajstić information content (AvgIpc) is 3.29. The molecular formula is C22H27FN4. The Kier molecular flexibility index (Phi) is 4.56. The number of halogens is 1. The minimum absolute atomic E-state index is 0.372.